The molecule has 0 saturated heterocycles. The molecule has 7 nitrogen and oxygen atoms in total. The van der Waals surface area contributed by atoms with Crippen LogP contribution in [-0.4, -0.2) is 41.7 Å². The van der Waals surface area contributed by atoms with Gasteiger partial charge in [0.1, 0.15) is 0 Å². The van der Waals surface area contributed by atoms with Crippen molar-refractivity contribution in [1.82, 2.24) is 15.7 Å². The number of hydrogen-bond acceptors (Lipinski definition) is 4. The molecule has 3 N–H and O–H groups in total. The largest absolute Gasteiger partial charge is 0.338 e. The second kappa shape index (κ2) is 11.3. The van der Waals surface area contributed by atoms with Gasteiger partial charge in [-0.2, -0.15) is 0 Å². The minimum atomic E-state index is -0.517. The minimum Gasteiger partial charge on any atom is -0.338 e. The Morgan fingerprint density at radius 1 is 1.03 bits per heavy atom. The summed E-state index contributed by atoms with van der Waals surface area (Å²) in [6.45, 7) is -0.0835. The zero-order valence-electron chi connectivity index (χ0n) is 17.5. The summed E-state index contributed by atoms with van der Waals surface area (Å²) in [5.74, 6) is -0.670. The van der Waals surface area contributed by atoms with Crippen LogP contribution in [0.5, 0.6) is 0 Å². The molecule has 0 radical (unpaired) electrons. The molecule has 1 aliphatic rings. The molecule has 0 aliphatic heterocycles. The Labute approximate surface area is 182 Å². The number of hydrogen-bond donors (Lipinski definition) is 3. The van der Waals surface area contributed by atoms with Crippen LogP contribution in [0.15, 0.2) is 54.6 Å². The van der Waals surface area contributed by atoms with Crippen LogP contribution < -0.4 is 10.6 Å². The second-order valence-corrected chi connectivity index (χ2v) is 7.98. The highest BCUT2D eigenvalue weighted by Crippen LogP contribution is 2.30. The van der Waals surface area contributed by atoms with Crippen LogP contribution in [0, 0.1) is 11.8 Å². The van der Waals surface area contributed by atoms with E-state index in [1.807, 2.05) is 48.5 Å². The summed E-state index contributed by atoms with van der Waals surface area (Å²) in [4.78, 5) is 35.9. The normalized spacial score (nSPS) is 14.6. The van der Waals surface area contributed by atoms with Gasteiger partial charge in [0.15, 0.2) is 0 Å². The van der Waals surface area contributed by atoms with Crippen LogP contribution in [-0.2, 0) is 9.59 Å². The molecule has 3 rings (SSSR count). The van der Waals surface area contributed by atoms with E-state index in [0.29, 0.717) is 29.4 Å². The molecule has 0 bridgehead atoms. The van der Waals surface area contributed by atoms with E-state index in [1.165, 1.54) is 0 Å². The number of hydroxylamine groups is 2. The molecular weight excluding hydrogens is 394 g/mol. The van der Waals surface area contributed by atoms with Gasteiger partial charge in [0.05, 0.1) is 19.1 Å². The van der Waals surface area contributed by atoms with Crippen molar-refractivity contribution in [3.63, 3.8) is 0 Å². The fourth-order valence-corrected chi connectivity index (χ4v) is 4.11. The van der Waals surface area contributed by atoms with Crippen molar-refractivity contribution in [3.05, 3.63) is 60.2 Å². The van der Waals surface area contributed by atoms with E-state index in [1.54, 1.807) is 6.07 Å². The summed E-state index contributed by atoms with van der Waals surface area (Å²) >= 11 is 0. The van der Waals surface area contributed by atoms with E-state index in [2.05, 4.69) is 10.6 Å². The number of carbonyl (C=O) groups excluding carboxylic acids is 3. The predicted molar refractivity (Wildman–Crippen MR) is 117 cm³/mol. The lowest BCUT2D eigenvalue weighted by Crippen LogP contribution is -2.43. The molecule has 1 atom stereocenters. The van der Waals surface area contributed by atoms with Gasteiger partial charge >= 0.3 is 0 Å². The van der Waals surface area contributed by atoms with Crippen molar-refractivity contribution < 1.29 is 19.6 Å². The van der Waals surface area contributed by atoms with Crippen molar-refractivity contribution in [2.45, 2.75) is 32.1 Å². The maximum atomic E-state index is 12.6. The van der Waals surface area contributed by atoms with Gasteiger partial charge < -0.3 is 10.6 Å². The first-order valence-corrected chi connectivity index (χ1v) is 10.7. The fraction of sp³-hybridized carbons (Fsp3) is 0.375. The van der Waals surface area contributed by atoms with Crippen molar-refractivity contribution in [3.8, 4) is 11.1 Å². The standard InChI is InChI=1S/C24H29N3O4/c28-17-27(31)15-22(13-18-7-4-5-8-18)24(30)26-16-25-23(29)21-12-6-11-20(14-21)19-9-2-1-3-10-19/h1-3,6,9-12,14,17-18,22,31H,4-5,7-8,13,15-16H2,(H,25,29)(H,26,30)/t22-/m1/s1. The van der Waals surface area contributed by atoms with Gasteiger partial charge in [-0.3, -0.25) is 19.6 Å². The van der Waals surface area contributed by atoms with Crippen molar-refractivity contribution in [1.29, 1.82) is 0 Å². The summed E-state index contributed by atoms with van der Waals surface area (Å²) in [6, 6.07) is 17.1. The third-order valence-electron chi connectivity index (χ3n) is 5.74. The van der Waals surface area contributed by atoms with Crippen molar-refractivity contribution in [2.24, 2.45) is 11.8 Å². The zero-order valence-corrected chi connectivity index (χ0v) is 17.5. The van der Waals surface area contributed by atoms with Gasteiger partial charge in [-0.15, -0.1) is 0 Å². The third kappa shape index (κ3) is 6.65. The molecule has 7 heteroatoms. The van der Waals surface area contributed by atoms with E-state index in [0.717, 1.165) is 36.8 Å². The third-order valence-corrected chi connectivity index (χ3v) is 5.74. The Morgan fingerprint density at radius 2 is 1.74 bits per heavy atom. The number of carbonyl (C=O) groups is 3. The first-order chi connectivity index (χ1) is 15.1. The molecule has 2 aromatic carbocycles. The maximum absolute atomic E-state index is 12.6. The number of nitrogens with zero attached hydrogens (tertiary/aromatic N) is 1. The summed E-state index contributed by atoms with van der Waals surface area (Å²) < 4.78 is 0. The summed E-state index contributed by atoms with van der Waals surface area (Å²) in [5.41, 5.74) is 2.45. The van der Waals surface area contributed by atoms with Gasteiger partial charge in [-0.25, -0.2) is 5.06 Å². The van der Waals surface area contributed by atoms with E-state index in [-0.39, 0.29) is 25.0 Å². The first kappa shape index (κ1) is 22.5. The average molecular weight is 424 g/mol. The minimum absolute atomic E-state index is 0.0269. The van der Waals surface area contributed by atoms with E-state index in [4.69, 9.17) is 0 Å². The van der Waals surface area contributed by atoms with Gasteiger partial charge in [0.25, 0.3) is 5.91 Å². The van der Waals surface area contributed by atoms with E-state index < -0.39 is 5.92 Å². The number of amides is 3. The topological polar surface area (TPSA) is 98.7 Å². The Balaban J connectivity index is 1.54. The predicted octanol–water partition coefficient (Wildman–Crippen LogP) is 3.20. The summed E-state index contributed by atoms with van der Waals surface area (Å²) in [7, 11) is 0. The SMILES string of the molecule is O=CN(O)C[C@@H](CC1CCCC1)C(=O)NCNC(=O)c1cccc(-c2ccccc2)c1. The van der Waals surface area contributed by atoms with Crippen LogP contribution in [0.4, 0.5) is 0 Å². The lowest BCUT2D eigenvalue weighted by molar-refractivity contribution is -0.155. The van der Waals surface area contributed by atoms with Crippen LogP contribution in [0.3, 0.4) is 0 Å². The van der Waals surface area contributed by atoms with Crippen LogP contribution in [0.25, 0.3) is 11.1 Å². The van der Waals surface area contributed by atoms with Crippen LogP contribution in [0.2, 0.25) is 0 Å². The molecule has 1 fully saturated rings. The highest BCUT2D eigenvalue weighted by molar-refractivity contribution is 5.95. The lowest BCUT2D eigenvalue weighted by Gasteiger charge is -2.22. The molecule has 31 heavy (non-hydrogen) atoms. The number of benzene rings is 2. The van der Waals surface area contributed by atoms with Gasteiger partial charge in [-0.05, 0) is 35.6 Å². The molecule has 3 amide bonds. The monoisotopic (exact) mass is 423 g/mol. The molecule has 1 saturated carbocycles. The maximum Gasteiger partial charge on any atom is 0.252 e. The average Bonchev–Trinajstić information content (AvgIpc) is 3.32. The molecule has 2 aromatic rings. The summed E-state index contributed by atoms with van der Waals surface area (Å²) in [6.07, 6.45) is 5.33. The van der Waals surface area contributed by atoms with E-state index >= 15 is 0 Å². The molecule has 1 aliphatic carbocycles. The Kier molecular flexibility index (Phi) is 8.18. The molecule has 0 heterocycles. The second-order valence-electron chi connectivity index (χ2n) is 7.98. The van der Waals surface area contributed by atoms with Crippen LogP contribution in [0.1, 0.15) is 42.5 Å². The van der Waals surface area contributed by atoms with Gasteiger partial charge in [-0.1, -0.05) is 68.1 Å². The number of nitrogens with one attached hydrogen (secondary N) is 2. The first-order valence-electron chi connectivity index (χ1n) is 10.7. The number of rotatable bonds is 10. The molecule has 0 unspecified atom stereocenters. The Bertz CT molecular complexity index is 881. The highest BCUT2D eigenvalue weighted by atomic mass is 16.5. The van der Waals surface area contributed by atoms with Crippen molar-refractivity contribution in [2.75, 3.05) is 13.2 Å². The Hall–Kier alpha value is -3.19. The van der Waals surface area contributed by atoms with Crippen molar-refractivity contribution >= 4 is 18.2 Å². The molecule has 0 spiro atoms. The zero-order chi connectivity index (χ0) is 22.1. The molecular formula is C24H29N3O4. The van der Waals surface area contributed by atoms with Gasteiger partial charge in [0.2, 0.25) is 12.3 Å². The quantitative estimate of drug-likeness (QED) is 0.237. The summed E-state index contributed by atoms with van der Waals surface area (Å²) in [5, 5.41) is 15.5. The smallest absolute Gasteiger partial charge is 0.252 e. The van der Waals surface area contributed by atoms with E-state index in [9.17, 15) is 19.6 Å². The molecule has 164 valence electrons. The Morgan fingerprint density at radius 3 is 2.45 bits per heavy atom. The molecule has 0 aromatic heterocycles. The lowest BCUT2D eigenvalue weighted by atomic mass is 9.92. The highest BCUT2D eigenvalue weighted by Gasteiger charge is 2.26. The fourth-order valence-electron chi connectivity index (χ4n) is 4.11. The van der Waals surface area contributed by atoms with Crippen LogP contribution >= 0.6 is 0 Å². The van der Waals surface area contributed by atoms with Gasteiger partial charge in [0, 0.05) is 5.56 Å².